The van der Waals surface area contributed by atoms with Crippen LogP contribution in [-0.4, -0.2) is 29.5 Å². The molecule has 4 heteroatoms. The van der Waals surface area contributed by atoms with Crippen LogP contribution in [0.2, 0.25) is 0 Å². The predicted molar refractivity (Wildman–Crippen MR) is 68.5 cm³/mol. The Kier molecular flexibility index (Phi) is 4.32. The molecular formula is C12H21N3S. The van der Waals surface area contributed by atoms with Crippen molar-refractivity contribution >= 4 is 11.3 Å². The lowest BCUT2D eigenvalue weighted by Gasteiger charge is -2.32. The summed E-state index contributed by atoms with van der Waals surface area (Å²) in [5, 5.41) is 2.18. The Morgan fingerprint density at radius 1 is 1.56 bits per heavy atom. The average molecular weight is 239 g/mol. The lowest BCUT2D eigenvalue weighted by Crippen LogP contribution is -2.35. The molecule has 2 heterocycles. The maximum atomic E-state index is 5.94. The van der Waals surface area contributed by atoms with Gasteiger partial charge in [0.15, 0.2) is 0 Å². The highest BCUT2D eigenvalue weighted by Gasteiger charge is 2.30. The van der Waals surface area contributed by atoms with E-state index >= 15 is 0 Å². The van der Waals surface area contributed by atoms with Gasteiger partial charge in [-0.25, -0.2) is 4.98 Å². The summed E-state index contributed by atoms with van der Waals surface area (Å²) in [7, 11) is 0. The van der Waals surface area contributed by atoms with Gasteiger partial charge in [0.05, 0.1) is 17.2 Å². The Bertz CT molecular complexity index is 285. The van der Waals surface area contributed by atoms with Gasteiger partial charge in [0.25, 0.3) is 0 Å². The first-order valence-corrected chi connectivity index (χ1v) is 7.13. The summed E-state index contributed by atoms with van der Waals surface area (Å²) >= 11 is 1.69. The Labute approximate surface area is 102 Å². The molecule has 0 radical (unpaired) electrons. The van der Waals surface area contributed by atoms with Gasteiger partial charge in [-0.05, 0) is 38.4 Å². The van der Waals surface area contributed by atoms with Crippen LogP contribution in [-0.2, 0) is 0 Å². The van der Waals surface area contributed by atoms with Crippen molar-refractivity contribution in [2.45, 2.75) is 32.2 Å². The van der Waals surface area contributed by atoms with E-state index in [9.17, 15) is 0 Å². The summed E-state index contributed by atoms with van der Waals surface area (Å²) in [6, 6.07) is 0.448. The summed E-state index contributed by atoms with van der Waals surface area (Å²) in [6.45, 7) is 5.30. The third-order valence-corrected chi connectivity index (χ3v) is 4.18. The van der Waals surface area contributed by atoms with Gasteiger partial charge in [0.2, 0.25) is 0 Å². The van der Waals surface area contributed by atoms with E-state index in [2.05, 4.69) is 22.2 Å². The summed E-state index contributed by atoms with van der Waals surface area (Å²) in [4.78, 5) is 7.04. The third-order valence-electron chi connectivity index (χ3n) is 3.57. The smallest absolute Gasteiger partial charge is 0.0795 e. The molecule has 1 saturated heterocycles. The molecule has 90 valence electrons. The highest BCUT2D eigenvalue weighted by atomic mass is 32.1. The highest BCUT2D eigenvalue weighted by Crippen LogP contribution is 2.34. The first kappa shape index (κ1) is 12.0. The van der Waals surface area contributed by atoms with Crippen LogP contribution in [0.1, 0.15) is 37.9 Å². The van der Waals surface area contributed by atoms with E-state index < -0.39 is 0 Å². The van der Waals surface area contributed by atoms with Crippen molar-refractivity contribution in [2.75, 3.05) is 19.6 Å². The monoisotopic (exact) mass is 239 g/mol. The second-order valence-corrected chi connectivity index (χ2v) is 5.20. The summed E-state index contributed by atoms with van der Waals surface area (Å²) in [5.74, 6) is 0.574. The fourth-order valence-corrected chi connectivity index (χ4v) is 3.30. The molecular weight excluding hydrogens is 218 g/mol. The van der Waals surface area contributed by atoms with Crippen molar-refractivity contribution in [3.63, 3.8) is 0 Å². The Hall–Kier alpha value is -0.450. The fraction of sp³-hybridized carbons (Fsp3) is 0.750. The first-order valence-electron chi connectivity index (χ1n) is 6.19. The maximum absolute atomic E-state index is 5.94. The molecule has 16 heavy (non-hydrogen) atoms. The molecule has 2 rings (SSSR count). The zero-order chi connectivity index (χ0) is 11.4. The SMILES string of the molecule is CCN1CCCCC(CN)C1c1cscn1. The quantitative estimate of drug-likeness (QED) is 0.880. The molecule has 2 unspecified atom stereocenters. The number of nitrogens with two attached hydrogens (primary N) is 1. The predicted octanol–water partition coefficient (Wildman–Crippen LogP) is 2.26. The van der Waals surface area contributed by atoms with Crippen LogP contribution < -0.4 is 5.73 Å². The molecule has 2 atom stereocenters. The van der Waals surface area contributed by atoms with Crippen LogP contribution in [0, 0.1) is 5.92 Å². The molecule has 1 aromatic rings. The van der Waals surface area contributed by atoms with Gasteiger partial charge >= 0.3 is 0 Å². The van der Waals surface area contributed by atoms with Crippen LogP contribution in [0.5, 0.6) is 0 Å². The number of hydrogen-bond acceptors (Lipinski definition) is 4. The molecule has 1 aromatic heterocycles. The molecule has 3 nitrogen and oxygen atoms in total. The highest BCUT2D eigenvalue weighted by molar-refractivity contribution is 7.07. The standard InChI is InChI=1S/C12H21N3S/c1-2-15-6-4-3-5-10(7-13)12(15)11-8-16-9-14-11/h8-10,12H,2-7,13H2,1H3. The number of rotatable bonds is 3. The molecule has 1 fully saturated rings. The Balaban J connectivity index is 2.24. The second kappa shape index (κ2) is 5.75. The zero-order valence-corrected chi connectivity index (χ0v) is 10.7. The van der Waals surface area contributed by atoms with E-state index in [0.717, 1.165) is 13.1 Å². The van der Waals surface area contributed by atoms with Gasteiger partial charge in [-0.2, -0.15) is 0 Å². The minimum atomic E-state index is 0.448. The van der Waals surface area contributed by atoms with Crippen LogP contribution in [0.15, 0.2) is 10.9 Å². The molecule has 0 amide bonds. The van der Waals surface area contributed by atoms with Gasteiger partial charge in [-0.15, -0.1) is 11.3 Å². The van der Waals surface area contributed by atoms with Crippen molar-refractivity contribution in [2.24, 2.45) is 11.7 Å². The Morgan fingerprint density at radius 2 is 2.44 bits per heavy atom. The van der Waals surface area contributed by atoms with E-state index in [-0.39, 0.29) is 0 Å². The van der Waals surface area contributed by atoms with Crippen LogP contribution in [0.4, 0.5) is 0 Å². The zero-order valence-electron chi connectivity index (χ0n) is 9.93. The van der Waals surface area contributed by atoms with Crippen molar-refractivity contribution in [3.05, 3.63) is 16.6 Å². The normalized spacial score (nSPS) is 27.9. The van der Waals surface area contributed by atoms with E-state index in [4.69, 9.17) is 5.73 Å². The molecule has 1 aliphatic rings. The molecule has 0 bridgehead atoms. The van der Waals surface area contributed by atoms with E-state index in [1.807, 2.05) is 5.51 Å². The molecule has 2 N–H and O–H groups in total. The van der Waals surface area contributed by atoms with Gasteiger partial charge in [-0.3, -0.25) is 4.90 Å². The molecule has 0 aliphatic carbocycles. The summed E-state index contributed by atoms with van der Waals surface area (Å²) < 4.78 is 0. The van der Waals surface area contributed by atoms with Gasteiger partial charge in [0.1, 0.15) is 0 Å². The van der Waals surface area contributed by atoms with Crippen molar-refractivity contribution in [1.82, 2.24) is 9.88 Å². The lowest BCUT2D eigenvalue weighted by atomic mass is 9.93. The van der Waals surface area contributed by atoms with Crippen molar-refractivity contribution in [1.29, 1.82) is 0 Å². The Morgan fingerprint density at radius 3 is 3.06 bits per heavy atom. The summed E-state index contributed by atoms with van der Waals surface area (Å²) in [5.41, 5.74) is 9.09. The van der Waals surface area contributed by atoms with Crippen LogP contribution in [0.25, 0.3) is 0 Å². The van der Waals surface area contributed by atoms with E-state index in [1.165, 1.54) is 31.5 Å². The molecule has 0 spiro atoms. The lowest BCUT2D eigenvalue weighted by molar-refractivity contribution is 0.163. The topological polar surface area (TPSA) is 42.1 Å². The molecule has 0 aromatic carbocycles. The summed E-state index contributed by atoms with van der Waals surface area (Å²) in [6.07, 6.45) is 3.85. The average Bonchev–Trinajstić information content (AvgIpc) is 2.75. The van der Waals surface area contributed by atoms with E-state index in [0.29, 0.717) is 12.0 Å². The number of hydrogen-bond donors (Lipinski definition) is 1. The second-order valence-electron chi connectivity index (χ2n) is 4.48. The van der Waals surface area contributed by atoms with Gasteiger partial charge < -0.3 is 5.73 Å². The molecule has 0 saturated carbocycles. The number of thiazole rings is 1. The van der Waals surface area contributed by atoms with Crippen LogP contribution >= 0.6 is 11.3 Å². The van der Waals surface area contributed by atoms with Gasteiger partial charge in [-0.1, -0.05) is 13.3 Å². The minimum Gasteiger partial charge on any atom is -0.330 e. The third kappa shape index (κ3) is 2.44. The first-order chi connectivity index (χ1) is 7.86. The molecule has 1 aliphatic heterocycles. The van der Waals surface area contributed by atoms with Gasteiger partial charge in [0, 0.05) is 5.38 Å². The van der Waals surface area contributed by atoms with E-state index in [1.54, 1.807) is 11.3 Å². The largest absolute Gasteiger partial charge is 0.330 e. The van der Waals surface area contributed by atoms with Crippen molar-refractivity contribution in [3.8, 4) is 0 Å². The minimum absolute atomic E-state index is 0.448. The number of aromatic nitrogens is 1. The number of likely N-dealkylation sites (tertiary alicyclic amines) is 1. The van der Waals surface area contributed by atoms with Crippen molar-refractivity contribution < 1.29 is 0 Å². The van der Waals surface area contributed by atoms with Crippen LogP contribution in [0.3, 0.4) is 0 Å². The number of nitrogens with zero attached hydrogens (tertiary/aromatic N) is 2. The fourth-order valence-electron chi connectivity index (χ4n) is 2.71. The maximum Gasteiger partial charge on any atom is 0.0795 e.